The van der Waals surface area contributed by atoms with Crippen LogP contribution >= 0.6 is 15.9 Å². The first-order chi connectivity index (χ1) is 11.2. The van der Waals surface area contributed by atoms with Crippen LogP contribution in [0.25, 0.3) is 10.9 Å². The van der Waals surface area contributed by atoms with Crippen LogP contribution in [0, 0.1) is 0 Å². The average molecular weight is 371 g/mol. The van der Waals surface area contributed by atoms with Crippen molar-refractivity contribution in [1.82, 2.24) is 10.4 Å². The number of benzene rings is 2. The summed E-state index contributed by atoms with van der Waals surface area (Å²) in [5.41, 5.74) is 5.36. The van der Waals surface area contributed by atoms with Crippen molar-refractivity contribution in [3.8, 4) is 0 Å². The highest BCUT2D eigenvalue weighted by molar-refractivity contribution is 9.10. The van der Waals surface area contributed by atoms with Gasteiger partial charge in [-0.05, 0) is 30.3 Å². The molecule has 0 aliphatic carbocycles. The van der Waals surface area contributed by atoms with Crippen molar-refractivity contribution in [1.29, 1.82) is 0 Å². The summed E-state index contributed by atoms with van der Waals surface area (Å²) in [6, 6.07) is 15.5. The molecule has 0 spiro atoms. The number of H-pyrrole nitrogens is 1. The number of amides is 1. The summed E-state index contributed by atoms with van der Waals surface area (Å²) >= 11 is 3.37. The lowest BCUT2D eigenvalue weighted by Crippen LogP contribution is -2.25. The van der Waals surface area contributed by atoms with Crippen LogP contribution in [0.2, 0.25) is 0 Å². The number of fused-ring (bicyclic) bond motifs is 1. The van der Waals surface area contributed by atoms with Crippen LogP contribution in [0.15, 0.2) is 64.3 Å². The second-order valence-electron chi connectivity index (χ2n) is 4.94. The van der Waals surface area contributed by atoms with E-state index in [0.717, 1.165) is 26.6 Å². The van der Waals surface area contributed by atoms with Gasteiger partial charge in [0.15, 0.2) is 0 Å². The highest BCUT2D eigenvalue weighted by Crippen LogP contribution is 2.15. The number of halogens is 1. The lowest BCUT2D eigenvalue weighted by molar-refractivity contribution is -0.119. The van der Waals surface area contributed by atoms with Gasteiger partial charge < -0.3 is 10.3 Å². The largest absolute Gasteiger partial charge is 0.376 e. The van der Waals surface area contributed by atoms with Gasteiger partial charge in [0.25, 0.3) is 5.91 Å². The normalized spacial score (nSPS) is 11.0. The number of carbonyl (C=O) groups is 1. The molecule has 3 rings (SSSR count). The number of anilines is 1. The van der Waals surface area contributed by atoms with Gasteiger partial charge in [-0.2, -0.15) is 5.10 Å². The first kappa shape index (κ1) is 15.3. The number of aromatic nitrogens is 1. The Balaban J connectivity index is 1.53. The Morgan fingerprint density at radius 3 is 2.78 bits per heavy atom. The molecule has 0 bridgehead atoms. The van der Waals surface area contributed by atoms with Gasteiger partial charge in [-0.1, -0.05) is 34.1 Å². The molecule has 3 N–H and O–H groups in total. The molecule has 1 aromatic heterocycles. The number of hydrogen-bond acceptors (Lipinski definition) is 3. The van der Waals surface area contributed by atoms with E-state index < -0.39 is 0 Å². The van der Waals surface area contributed by atoms with Crippen LogP contribution < -0.4 is 10.7 Å². The molecule has 0 unspecified atom stereocenters. The number of aromatic amines is 1. The number of para-hydroxylation sites is 1. The second kappa shape index (κ2) is 7.11. The smallest absolute Gasteiger partial charge is 0.259 e. The van der Waals surface area contributed by atoms with E-state index in [4.69, 9.17) is 0 Å². The van der Waals surface area contributed by atoms with Crippen molar-refractivity contribution >= 4 is 44.6 Å². The SMILES string of the molecule is O=C(CNc1ccc(Br)cc1)NN=Cc1c[nH]c2ccccc12. The summed E-state index contributed by atoms with van der Waals surface area (Å²) in [4.78, 5) is 14.9. The predicted molar refractivity (Wildman–Crippen MR) is 96.7 cm³/mol. The van der Waals surface area contributed by atoms with Crippen molar-refractivity contribution in [2.24, 2.45) is 5.10 Å². The fourth-order valence-electron chi connectivity index (χ4n) is 2.16. The lowest BCUT2D eigenvalue weighted by Gasteiger charge is -2.04. The Morgan fingerprint density at radius 2 is 1.96 bits per heavy atom. The minimum Gasteiger partial charge on any atom is -0.376 e. The second-order valence-corrected chi connectivity index (χ2v) is 5.86. The minimum absolute atomic E-state index is 0.160. The third-order valence-electron chi connectivity index (χ3n) is 3.31. The molecule has 0 atom stereocenters. The molecular weight excluding hydrogens is 356 g/mol. The zero-order valence-electron chi connectivity index (χ0n) is 12.2. The molecule has 0 aliphatic heterocycles. The van der Waals surface area contributed by atoms with E-state index in [1.807, 2.05) is 54.7 Å². The van der Waals surface area contributed by atoms with Gasteiger partial charge in [0.2, 0.25) is 0 Å². The molecule has 0 aliphatic rings. The molecule has 116 valence electrons. The van der Waals surface area contributed by atoms with E-state index in [0.29, 0.717) is 0 Å². The Morgan fingerprint density at radius 1 is 1.17 bits per heavy atom. The standard InChI is InChI=1S/C17H15BrN4O/c18-13-5-7-14(8-6-13)19-11-17(23)22-21-10-12-9-20-16-4-2-1-3-15(12)16/h1-10,19-20H,11H2,(H,22,23). The fraction of sp³-hybridized carbons (Fsp3) is 0.0588. The Labute approximate surface area is 141 Å². The summed E-state index contributed by atoms with van der Waals surface area (Å²) < 4.78 is 0.996. The maximum absolute atomic E-state index is 11.8. The molecule has 2 aromatic carbocycles. The number of nitrogens with one attached hydrogen (secondary N) is 3. The number of rotatable bonds is 5. The van der Waals surface area contributed by atoms with Crippen LogP contribution in [-0.4, -0.2) is 23.7 Å². The Hall–Kier alpha value is -2.60. The van der Waals surface area contributed by atoms with Gasteiger partial charge in [-0.3, -0.25) is 4.79 Å². The quantitative estimate of drug-likeness (QED) is 0.475. The van der Waals surface area contributed by atoms with E-state index in [9.17, 15) is 4.79 Å². The maximum Gasteiger partial charge on any atom is 0.259 e. The van der Waals surface area contributed by atoms with E-state index in [2.05, 4.69) is 36.8 Å². The van der Waals surface area contributed by atoms with Crippen LogP contribution in [0.5, 0.6) is 0 Å². The first-order valence-corrected chi connectivity index (χ1v) is 7.89. The van der Waals surface area contributed by atoms with Crippen molar-refractivity contribution in [2.75, 3.05) is 11.9 Å². The van der Waals surface area contributed by atoms with Gasteiger partial charge >= 0.3 is 0 Å². The molecule has 3 aromatic rings. The summed E-state index contributed by atoms with van der Waals surface area (Å²) in [5, 5.41) is 8.10. The third-order valence-corrected chi connectivity index (χ3v) is 3.84. The van der Waals surface area contributed by atoms with E-state index >= 15 is 0 Å². The minimum atomic E-state index is -0.205. The molecule has 23 heavy (non-hydrogen) atoms. The monoisotopic (exact) mass is 370 g/mol. The molecule has 0 fully saturated rings. The molecular formula is C17H15BrN4O. The van der Waals surface area contributed by atoms with Crippen LogP contribution in [0.1, 0.15) is 5.56 Å². The van der Waals surface area contributed by atoms with Crippen molar-refractivity contribution in [2.45, 2.75) is 0 Å². The highest BCUT2D eigenvalue weighted by Gasteiger charge is 2.01. The van der Waals surface area contributed by atoms with Crippen molar-refractivity contribution in [3.05, 3.63) is 64.8 Å². The molecule has 1 amide bonds. The highest BCUT2D eigenvalue weighted by atomic mass is 79.9. The topological polar surface area (TPSA) is 69.3 Å². The third kappa shape index (κ3) is 3.98. The maximum atomic E-state index is 11.8. The summed E-state index contributed by atoms with van der Waals surface area (Å²) in [5.74, 6) is -0.205. The van der Waals surface area contributed by atoms with Crippen LogP contribution in [0.3, 0.4) is 0 Å². The van der Waals surface area contributed by atoms with Crippen LogP contribution in [-0.2, 0) is 4.79 Å². The van der Waals surface area contributed by atoms with Crippen molar-refractivity contribution in [3.63, 3.8) is 0 Å². The van der Waals surface area contributed by atoms with E-state index in [1.54, 1.807) is 6.21 Å². The zero-order valence-corrected chi connectivity index (χ0v) is 13.8. The number of hydrogen-bond donors (Lipinski definition) is 3. The molecule has 0 saturated heterocycles. The Kier molecular flexibility index (Phi) is 4.73. The first-order valence-electron chi connectivity index (χ1n) is 7.10. The van der Waals surface area contributed by atoms with Gasteiger partial charge in [-0.15, -0.1) is 0 Å². The van der Waals surface area contributed by atoms with Crippen LogP contribution in [0.4, 0.5) is 5.69 Å². The number of nitrogens with zero attached hydrogens (tertiary/aromatic N) is 1. The summed E-state index contributed by atoms with van der Waals surface area (Å²) in [6.07, 6.45) is 3.50. The Bertz CT molecular complexity index is 839. The van der Waals surface area contributed by atoms with E-state index in [-0.39, 0.29) is 12.5 Å². The molecule has 0 saturated carbocycles. The van der Waals surface area contributed by atoms with Gasteiger partial charge in [0.1, 0.15) is 0 Å². The van der Waals surface area contributed by atoms with Crippen molar-refractivity contribution < 1.29 is 4.79 Å². The number of carbonyl (C=O) groups excluding carboxylic acids is 1. The molecule has 6 heteroatoms. The molecule has 5 nitrogen and oxygen atoms in total. The van der Waals surface area contributed by atoms with Gasteiger partial charge in [0.05, 0.1) is 12.8 Å². The molecule has 0 radical (unpaired) electrons. The lowest BCUT2D eigenvalue weighted by atomic mass is 10.2. The molecule has 1 heterocycles. The summed E-state index contributed by atoms with van der Waals surface area (Å²) in [7, 11) is 0. The van der Waals surface area contributed by atoms with Gasteiger partial charge in [-0.25, -0.2) is 5.43 Å². The van der Waals surface area contributed by atoms with E-state index in [1.165, 1.54) is 0 Å². The zero-order chi connectivity index (χ0) is 16.1. The average Bonchev–Trinajstić information content (AvgIpc) is 2.98. The predicted octanol–water partition coefficient (Wildman–Crippen LogP) is 3.49. The fourth-order valence-corrected chi connectivity index (χ4v) is 2.43. The van der Waals surface area contributed by atoms with Gasteiger partial charge in [0, 0.05) is 32.8 Å². The summed E-state index contributed by atoms with van der Waals surface area (Å²) in [6.45, 7) is 0.160. The number of hydrazone groups is 1.